The number of rotatable bonds is 6. The maximum atomic E-state index is 11.2. The standard InChI is InChI=1S/C12H22N2O2/c1-9(11(15)16-5)6-10(2)14-8-12(3,4)7-13/h9-10,14H,6,8H2,1-5H3. The predicted octanol–water partition coefficient (Wildman–Crippen LogP) is 1.71. The number of carbonyl (C=O) groups excluding carboxylic acids is 1. The summed E-state index contributed by atoms with van der Waals surface area (Å²) in [6.45, 7) is 8.25. The normalized spacial score (nSPS) is 15.0. The fourth-order valence-electron chi connectivity index (χ4n) is 1.38. The molecule has 0 bridgehead atoms. The van der Waals surface area contributed by atoms with E-state index < -0.39 is 0 Å². The van der Waals surface area contributed by atoms with Crippen LogP contribution in [-0.2, 0) is 9.53 Å². The summed E-state index contributed by atoms with van der Waals surface area (Å²) in [4.78, 5) is 11.2. The zero-order valence-corrected chi connectivity index (χ0v) is 10.8. The molecular weight excluding hydrogens is 204 g/mol. The molecule has 0 amide bonds. The third-order valence-electron chi connectivity index (χ3n) is 2.51. The van der Waals surface area contributed by atoms with E-state index in [0.717, 1.165) is 0 Å². The first-order valence-corrected chi connectivity index (χ1v) is 5.55. The van der Waals surface area contributed by atoms with E-state index >= 15 is 0 Å². The average molecular weight is 226 g/mol. The lowest BCUT2D eigenvalue weighted by molar-refractivity contribution is -0.145. The molecule has 92 valence electrons. The van der Waals surface area contributed by atoms with Gasteiger partial charge in [0.05, 0.1) is 24.5 Å². The molecule has 0 spiro atoms. The zero-order chi connectivity index (χ0) is 12.8. The molecule has 2 atom stereocenters. The Morgan fingerprint density at radius 2 is 2.06 bits per heavy atom. The highest BCUT2D eigenvalue weighted by Crippen LogP contribution is 2.13. The number of hydrogen-bond acceptors (Lipinski definition) is 4. The van der Waals surface area contributed by atoms with Gasteiger partial charge < -0.3 is 10.1 Å². The number of nitrogens with zero attached hydrogens (tertiary/aromatic N) is 1. The Morgan fingerprint density at radius 3 is 2.50 bits per heavy atom. The van der Waals surface area contributed by atoms with Crippen molar-refractivity contribution in [3.63, 3.8) is 0 Å². The molecule has 0 aromatic carbocycles. The maximum Gasteiger partial charge on any atom is 0.308 e. The van der Waals surface area contributed by atoms with Crippen LogP contribution in [-0.4, -0.2) is 25.7 Å². The van der Waals surface area contributed by atoms with E-state index in [0.29, 0.717) is 13.0 Å². The van der Waals surface area contributed by atoms with Crippen LogP contribution in [0.1, 0.15) is 34.1 Å². The Labute approximate surface area is 98.0 Å². The van der Waals surface area contributed by atoms with Crippen LogP contribution in [0, 0.1) is 22.7 Å². The molecule has 0 aliphatic rings. The Morgan fingerprint density at radius 1 is 1.50 bits per heavy atom. The SMILES string of the molecule is COC(=O)C(C)CC(C)NCC(C)(C)C#N. The smallest absolute Gasteiger partial charge is 0.308 e. The van der Waals surface area contributed by atoms with E-state index in [-0.39, 0.29) is 23.3 Å². The van der Waals surface area contributed by atoms with Gasteiger partial charge in [-0.25, -0.2) is 0 Å². The van der Waals surface area contributed by atoms with Crippen LogP contribution >= 0.6 is 0 Å². The largest absolute Gasteiger partial charge is 0.469 e. The van der Waals surface area contributed by atoms with Crippen LogP contribution in [0.4, 0.5) is 0 Å². The van der Waals surface area contributed by atoms with Gasteiger partial charge >= 0.3 is 5.97 Å². The second-order valence-corrected chi connectivity index (χ2v) is 4.94. The number of esters is 1. The first-order chi connectivity index (χ1) is 7.32. The first-order valence-electron chi connectivity index (χ1n) is 5.55. The number of methoxy groups -OCH3 is 1. The van der Waals surface area contributed by atoms with Gasteiger partial charge in [0, 0.05) is 12.6 Å². The molecule has 0 aliphatic carbocycles. The van der Waals surface area contributed by atoms with Gasteiger partial charge in [0.25, 0.3) is 0 Å². The number of nitrogens with one attached hydrogen (secondary N) is 1. The molecule has 1 N–H and O–H groups in total. The third kappa shape index (κ3) is 5.72. The Kier molecular flexibility index (Phi) is 6.05. The molecule has 4 heteroatoms. The Hall–Kier alpha value is -1.08. The van der Waals surface area contributed by atoms with Crippen molar-refractivity contribution >= 4 is 5.97 Å². The predicted molar refractivity (Wildman–Crippen MR) is 62.7 cm³/mol. The van der Waals surface area contributed by atoms with Crippen molar-refractivity contribution in [3.05, 3.63) is 0 Å². The van der Waals surface area contributed by atoms with Gasteiger partial charge in [-0.2, -0.15) is 5.26 Å². The summed E-state index contributed by atoms with van der Waals surface area (Å²) in [6.07, 6.45) is 0.716. The van der Waals surface area contributed by atoms with E-state index in [1.54, 1.807) is 0 Å². The summed E-state index contributed by atoms with van der Waals surface area (Å²) in [5, 5.41) is 12.1. The Balaban J connectivity index is 3.97. The van der Waals surface area contributed by atoms with Crippen LogP contribution in [0.5, 0.6) is 0 Å². The van der Waals surface area contributed by atoms with Crippen molar-refractivity contribution in [2.75, 3.05) is 13.7 Å². The zero-order valence-electron chi connectivity index (χ0n) is 10.8. The average Bonchev–Trinajstić information content (AvgIpc) is 2.25. The molecule has 0 rings (SSSR count). The van der Waals surface area contributed by atoms with E-state index in [9.17, 15) is 4.79 Å². The number of hydrogen-bond donors (Lipinski definition) is 1. The lowest BCUT2D eigenvalue weighted by Crippen LogP contribution is -2.36. The topological polar surface area (TPSA) is 62.1 Å². The minimum absolute atomic E-state index is 0.113. The third-order valence-corrected chi connectivity index (χ3v) is 2.51. The summed E-state index contributed by atoms with van der Waals surface area (Å²) < 4.78 is 4.66. The molecule has 2 unspecified atom stereocenters. The second kappa shape index (κ2) is 6.49. The second-order valence-electron chi connectivity index (χ2n) is 4.94. The molecule has 0 aromatic heterocycles. The minimum Gasteiger partial charge on any atom is -0.469 e. The molecule has 0 saturated carbocycles. The molecule has 0 aliphatic heterocycles. The number of ether oxygens (including phenoxy) is 1. The molecule has 4 nitrogen and oxygen atoms in total. The van der Waals surface area contributed by atoms with Gasteiger partial charge in [0.15, 0.2) is 0 Å². The molecule has 0 radical (unpaired) electrons. The summed E-state index contributed by atoms with van der Waals surface area (Å²) in [6, 6.07) is 2.43. The van der Waals surface area contributed by atoms with Crippen LogP contribution in [0.3, 0.4) is 0 Å². The van der Waals surface area contributed by atoms with Crippen molar-refractivity contribution in [2.45, 2.75) is 40.2 Å². The van der Waals surface area contributed by atoms with Gasteiger partial charge in [0.1, 0.15) is 0 Å². The van der Waals surface area contributed by atoms with Gasteiger partial charge in [-0.15, -0.1) is 0 Å². The van der Waals surface area contributed by atoms with Crippen LogP contribution in [0.15, 0.2) is 0 Å². The van der Waals surface area contributed by atoms with Gasteiger partial charge in [-0.05, 0) is 27.2 Å². The summed E-state index contributed by atoms with van der Waals surface area (Å²) in [5.74, 6) is -0.300. The minimum atomic E-state index is -0.372. The summed E-state index contributed by atoms with van der Waals surface area (Å²) in [7, 11) is 1.40. The van der Waals surface area contributed by atoms with Crippen LogP contribution in [0.2, 0.25) is 0 Å². The fraction of sp³-hybridized carbons (Fsp3) is 0.833. The van der Waals surface area contributed by atoms with E-state index in [4.69, 9.17) is 5.26 Å². The van der Waals surface area contributed by atoms with Crippen molar-refractivity contribution in [1.82, 2.24) is 5.32 Å². The molecule has 0 saturated heterocycles. The van der Waals surface area contributed by atoms with Gasteiger partial charge in [-0.1, -0.05) is 6.92 Å². The van der Waals surface area contributed by atoms with Crippen molar-refractivity contribution in [1.29, 1.82) is 5.26 Å². The lowest BCUT2D eigenvalue weighted by atomic mass is 9.95. The van der Waals surface area contributed by atoms with E-state index in [2.05, 4.69) is 16.1 Å². The van der Waals surface area contributed by atoms with Gasteiger partial charge in [0.2, 0.25) is 0 Å². The summed E-state index contributed by atoms with van der Waals surface area (Å²) >= 11 is 0. The highest BCUT2D eigenvalue weighted by Gasteiger charge is 2.20. The highest BCUT2D eigenvalue weighted by molar-refractivity contribution is 5.71. The van der Waals surface area contributed by atoms with Crippen molar-refractivity contribution in [3.8, 4) is 6.07 Å². The molecule has 0 aromatic rings. The van der Waals surface area contributed by atoms with Crippen molar-refractivity contribution < 1.29 is 9.53 Å². The van der Waals surface area contributed by atoms with Crippen molar-refractivity contribution in [2.24, 2.45) is 11.3 Å². The molecule has 0 heterocycles. The fourth-order valence-corrected chi connectivity index (χ4v) is 1.38. The number of nitriles is 1. The summed E-state index contributed by atoms with van der Waals surface area (Å²) in [5.41, 5.74) is -0.372. The monoisotopic (exact) mass is 226 g/mol. The van der Waals surface area contributed by atoms with Crippen LogP contribution in [0.25, 0.3) is 0 Å². The highest BCUT2D eigenvalue weighted by atomic mass is 16.5. The van der Waals surface area contributed by atoms with Crippen LogP contribution < -0.4 is 5.32 Å². The quantitative estimate of drug-likeness (QED) is 0.700. The lowest BCUT2D eigenvalue weighted by Gasteiger charge is -2.22. The molecule has 16 heavy (non-hydrogen) atoms. The Bertz CT molecular complexity index is 269. The molecular formula is C12H22N2O2. The van der Waals surface area contributed by atoms with E-state index in [1.807, 2.05) is 27.7 Å². The molecule has 0 fully saturated rings. The first kappa shape index (κ1) is 14.9. The number of carbonyl (C=O) groups is 1. The maximum absolute atomic E-state index is 11.2. The van der Waals surface area contributed by atoms with Gasteiger partial charge in [-0.3, -0.25) is 4.79 Å². The van der Waals surface area contributed by atoms with E-state index in [1.165, 1.54) is 7.11 Å².